The van der Waals surface area contributed by atoms with Crippen molar-refractivity contribution < 1.29 is 4.74 Å². The molecule has 0 saturated carbocycles. The van der Waals surface area contributed by atoms with Gasteiger partial charge in [0.1, 0.15) is 0 Å². The number of nitrogens with zero attached hydrogens (tertiary/aromatic N) is 1. The molecule has 2 N–H and O–H groups in total. The van der Waals surface area contributed by atoms with Crippen molar-refractivity contribution in [1.82, 2.24) is 5.01 Å². The average molecular weight is 130 g/mol. The molecule has 0 fully saturated rings. The van der Waals surface area contributed by atoms with Crippen LogP contribution in [0, 0.1) is 0 Å². The van der Waals surface area contributed by atoms with Crippen molar-refractivity contribution >= 4 is 0 Å². The maximum Gasteiger partial charge on any atom is 0.0898 e. The predicted octanol–water partition coefficient (Wildman–Crippen LogP) is 0.342. The van der Waals surface area contributed by atoms with E-state index >= 15 is 0 Å². The smallest absolute Gasteiger partial charge is 0.0898 e. The zero-order valence-electron chi connectivity index (χ0n) is 6.22. The van der Waals surface area contributed by atoms with E-state index in [0.29, 0.717) is 0 Å². The molecule has 0 heterocycles. The highest BCUT2D eigenvalue weighted by Gasteiger charge is 1.85. The van der Waals surface area contributed by atoms with Gasteiger partial charge in [-0.25, -0.2) is 5.01 Å². The molecule has 0 atom stereocenters. The van der Waals surface area contributed by atoms with Crippen LogP contribution in [0.15, 0.2) is 11.8 Å². The Kier molecular flexibility index (Phi) is 4.09. The van der Waals surface area contributed by atoms with Crippen molar-refractivity contribution in [3.05, 3.63) is 11.8 Å². The van der Waals surface area contributed by atoms with Gasteiger partial charge in [-0.15, -0.1) is 0 Å². The van der Waals surface area contributed by atoms with Crippen LogP contribution in [-0.4, -0.2) is 25.7 Å². The minimum atomic E-state index is 0.722. The fraction of sp³-hybridized carbons (Fsp3) is 0.667. The van der Waals surface area contributed by atoms with Crippen LogP contribution in [0.25, 0.3) is 0 Å². The van der Waals surface area contributed by atoms with E-state index in [4.69, 9.17) is 10.6 Å². The van der Waals surface area contributed by atoms with Crippen LogP contribution in [0.5, 0.6) is 0 Å². The molecule has 0 aromatic rings. The number of hydrogen-bond donors (Lipinski definition) is 1. The zero-order valence-corrected chi connectivity index (χ0v) is 6.22. The summed E-state index contributed by atoms with van der Waals surface area (Å²) in [6.07, 6.45) is 1.92. The first-order valence-corrected chi connectivity index (χ1v) is 2.83. The second kappa shape index (κ2) is 4.35. The second-order valence-corrected chi connectivity index (χ2v) is 1.96. The summed E-state index contributed by atoms with van der Waals surface area (Å²) in [6.45, 7) is 2.61. The zero-order chi connectivity index (χ0) is 7.28. The summed E-state index contributed by atoms with van der Waals surface area (Å²) in [5.74, 6) is 6.22. The van der Waals surface area contributed by atoms with E-state index in [0.717, 1.165) is 12.3 Å². The molecule has 3 heteroatoms. The molecule has 0 spiro atoms. The van der Waals surface area contributed by atoms with E-state index in [2.05, 4.69) is 0 Å². The van der Waals surface area contributed by atoms with Crippen molar-refractivity contribution in [3.63, 3.8) is 0 Å². The molecular weight excluding hydrogens is 116 g/mol. The fourth-order valence-corrected chi connectivity index (χ4v) is 0.356. The maximum absolute atomic E-state index is 5.33. The summed E-state index contributed by atoms with van der Waals surface area (Å²) in [7, 11) is 3.45. The SMILES string of the molecule is CO/C(C)=C\CN(C)N. The molecule has 0 aliphatic heterocycles. The van der Waals surface area contributed by atoms with Gasteiger partial charge in [-0.1, -0.05) is 0 Å². The maximum atomic E-state index is 5.33. The highest BCUT2D eigenvalue weighted by atomic mass is 16.5. The number of nitrogens with two attached hydrogens (primary N) is 1. The standard InChI is InChI=1S/C6H14N2O/c1-6(9-3)4-5-8(2)7/h4H,5,7H2,1-3H3/b6-4-. The van der Waals surface area contributed by atoms with Gasteiger partial charge in [0, 0.05) is 13.6 Å². The molecule has 0 unspecified atom stereocenters. The average Bonchev–Trinajstić information content (AvgIpc) is 1.83. The van der Waals surface area contributed by atoms with Crippen molar-refractivity contribution in [2.45, 2.75) is 6.92 Å². The number of allylic oxidation sites excluding steroid dienone is 1. The monoisotopic (exact) mass is 130 g/mol. The summed E-state index contributed by atoms with van der Waals surface area (Å²) < 4.78 is 4.88. The Bertz CT molecular complexity index is 99.2. The lowest BCUT2D eigenvalue weighted by atomic mass is 10.5. The molecule has 0 aromatic heterocycles. The van der Waals surface area contributed by atoms with E-state index in [1.165, 1.54) is 0 Å². The number of ether oxygens (including phenoxy) is 1. The van der Waals surface area contributed by atoms with Gasteiger partial charge < -0.3 is 4.74 Å². The van der Waals surface area contributed by atoms with Crippen LogP contribution in [-0.2, 0) is 4.74 Å². The number of methoxy groups -OCH3 is 1. The van der Waals surface area contributed by atoms with Gasteiger partial charge in [0.25, 0.3) is 0 Å². The van der Waals surface area contributed by atoms with Crippen molar-refractivity contribution in [2.75, 3.05) is 20.7 Å². The lowest BCUT2D eigenvalue weighted by molar-refractivity contribution is 0.287. The highest BCUT2D eigenvalue weighted by molar-refractivity contribution is 4.88. The summed E-state index contributed by atoms with van der Waals surface area (Å²) in [6, 6.07) is 0. The van der Waals surface area contributed by atoms with Gasteiger partial charge in [0.05, 0.1) is 12.9 Å². The van der Waals surface area contributed by atoms with Gasteiger partial charge in [0.15, 0.2) is 0 Å². The van der Waals surface area contributed by atoms with E-state index in [9.17, 15) is 0 Å². The molecule has 0 aliphatic carbocycles. The molecular formula is C6H14N2O. The number of likely N-dealkylation sites (N-methyl/N-ethyl adjacent to an activating group) is 1. The quantitative estimate of drug-likeness (QED) is 0.340. The summed E-state index contributed by atoms with van der Waals surface area (Å²) in [5, 5.41) is 1.59. The van der Waals surface area contributed by atoms with Crippen LogP contribution in [0.1, 0.15) is 6.92 Å². The van der Waals surface area contributed by atoms with Gasteiger partial charge in [-0.2, -0.15) is 0 Å². The minimum Gasteiger partial charge on any atom is -0.502 e. The Labute approximate surface area is 56.1 Å². The Morgan fingerprint density at radius 2 is 2.33 bits per heavy atom. The molecule has 54 valence electrons. The molecule has 0 bridgehead atoms. The van der Waals surface area contributed by atoms with Crippen LogP contribution in [0.2, 0.25) is 0 Å². The molecule has 0 rings (SSSR count). The van der Waals surface area contributed by atoms with E-state index in [1.54, 1.807) is 19.2 Å². The molecule has 9 heavy (non-hydrogen) atoms. The third-order valence-corrected chi connectivity index (χ3v) is 0.989. The van der Waals surface area contributed by atoms with Gasteiger partial charge in [0.2, 0.25) is 0 Å². The van der Waals surface area contributed by atoms with Crippen LogP contribution >= 0.6 is 0 Å². The molecule has 0 aliphatic rings. The topological polar surface area (TPSA) is 38.5 Å². The first kappa shape index (κ1) is 8.46. The number of hydrogen-bond acceptors (Lipinski definition) is 3. The molecule has 0 radical (unpaired) electrons. The van der Waals surface area contributed by atoms with Crippen molar-refractivity contribution in [1.29, 1.82) is 0 Å². The normalized spacial score (nSPS) is 12.3. The van der Waals surface area contributed by atoms with E-state index in [-0.39, 0.29) is 0 Å². The first-order chi connectivity index (χ1) is 4.16. The van der Waals surface area contributed by atoms with E-state index in [1.807, 2.05) is 13.0 Å². The Morgan fingerprint density at radius 3 is 2.67 bits per heavy atom. The van der Waals surface area contributed by atoms with Gasteiger partial charge in [-0.05, 0) is 13.0 Å². The molecule has 3 nitrogen and oxygen atoms in total. The number of rotatable bonds is 3. The number of hydrazine groups is 1. The Balaban J connectivity index is 3.43. The van der Waals surface area contributed by atoms with Crippen LogP contribution < -0.4 is 5.84 Å². The lowest BCUT2D eigenvalue weighted by Gasteiger charge is -2.05. The molecule has 0 saturated heterocycles. The predicted molar refractivity (Wildman–Crippen MR) is 37.6 cm³/mol. The summed E-state index contributed by atoms with van der Waals surface area (Å²) in [5.41, 5.74) is 0. The Hall–Kier alpha value is -0.540. The fourth-order valence-electron chi connectivity index (χ4n) is 0.356. The second-order valence-electron chi connectivity index (χ2n) is 1.96. The Morgan fingerprint density at radius 1 is 1.78 bits per heavy atom. The molecule has 0 aromatic carbocycles. The van der Waals surface area contributed by atoms with Crippen molar-refractivity contribution in [2.24, 2.45) is 5.84 Å². The van der Waals surface area contributed by atoms with Gasteiger partial charge in [-0.3, -0.25) is 5.84 Å². The summed E-state index contributed by atoms with van der Waals surface area (Å²) in [4.78, 5) is 0. The van der Waals surface area contributed by atoms with Gasteiger partial charge >= 0.3 is 0 Å². The summed E-state index contributed by atoms with van der Waals surface area (Å²) >= 11 is 0. The first-order valence-electron chi connectivity index (χ1n) is 2.83. The van der Waals surface area contributed by atoms with Crippen molar-refractivity contribution in [3.8, 4) is 0 Å². The highest BCUT2D eigenvalue weighted by Crippen LogP contribution is 1.90. The van der Waals surface area contributed by atoms with E-state index < -0.39 is 0 Å². The van der Waals surface area contributed by atoms with Crippen LogP contribution in [0.4, 0.5) is 0 Å². The molecule has 0 amide bonds. The third kappa shape index (κ3) is 5.33. The minimum absolute atomic E-state index is 0.722. The van der Waals surface area contributed by atoms with Crippen LogP contribution in [0.3, 0.4) is 0 Å². The lowest BCUT2D eigenvalue weighted by Crippen LogP contribution is -2.25. The largest absolute Gasteiger partial charge is 0.502 e. The third-order valence-electron chi connectivity index (χ3n) is 0.989.